The molecule has 0 radical (unpaired) electrons. The number of aliphatic carboxylic acids is 1. The zero-order chi connectivity index (χ0) is 15.4. The summed E-state index contributed by atoms with van der Waals surface area (Å²) in [7, 11) is 0. The number of carboxylic acid groups (broad SMARTS) is 1. The van der Waals surface area contributed by atoms with Crippen molar-refractivity contribution >= 4 is 17.8 Å². The van der Waals surface area contributed by atoms with E-state index in [1.165, 1.54) is 0 Å². The van der Waals surface area contributed by atoms with Gasteiger partial charge in [0.15, 0.2) is 0 Å². The maximum absolute atomic E-state index is 11.9. The number of carboxylic acids is 1. The van der Waals surface area contributed by atoms with E-state index in [0.717, 1.165) is 12.8 Å². The molecule has 0 saturated heterocycles. The molecule has 0 aromatic heterocycles. The van der Waals surface area contributed by atoms with E-state index in [1.54, 1.807) is 31.2 Å². The fourth-order valence-electron chi connectivity index (χ4n) is 1.89. The highest BCUT2D eigenvalue weighted by Crippen LogP contribution is 2.19. The number of nitrogens with one attached hydrogen (secondary N) is 2. The molecule has 21 heavy (non-hydrogen) atoms. The molecular formula is C15H18N2O4. The molecule has 1 aromatic carbocycles. The lowest BCUT2D eigenvalue weighted by molar-refractivity contribution is -0.137. The van der Waals surface area contributed by atoms with Crippen LogP contribution in [0.4, 0.5) is 0 Å². The Bertz CT molecular complexity index is 549. The monoisotopic (exact) mass is 290 g/mol. The smallest absolute Gasteiger partial charge is 0.305 e. The van der Waals surface area contributed by atoms with Gasteiger partial charge in [-0.15, -0.1) is 0 Å². The molecular weight excluding hydrogens is 272 g/mol. The molecule has 1 atom stereocenters. The topological polar surface area (TPSA) is 95.5 Å². The summed E-state index contributed by atoms with van der Waals surface area (Å²) in [4.78, 5) is 34.2. The fraction of sp³-hybridized carbons (Fsp3) is 0.400. The van der Waals surface area contributed by atoms with Crippen molar-refractivity contribution in [3.8, 4) is 0 Å². The Labute approximate surface area is 122 Å². The maximum atomic E-state index is 11.9. The molecule has 0 bridgehead atoms. The molecule has 1 aromatic rings. The molecule has 1 aliphatic carbocycles. The molecule has 112 valence electrons. The third-order valence-corrected chi connectivity index (χ3v) is 3.18. The van der Waals surface area contributed by atoms with E-state index in [2.05, 4.69) is 10.6 Å². The minimum atomic E-state index is -0.963. The summed E-state index contributed by atoms with van der Waals surface area (Å²) < 4.78 is 0. The molecule has 1 unspecified atom stereocenters. The van der Waals surface area contributed by atoms with Crippen molar-refractivity contribution in [3.63, 3.8) is 0 Å². The minimum Gasteiger partial charge on any atom is -0.481 e. The van der Waals surface area contributed by atoms with Crippen LogP contribution in [0.15, 0.2) is 24.3 Å². The second-order valence-corrected chi connectivity index (χ2v) is 5.30. The molecule has 1 fully saturated rings. The van der Waals surface area contributed by atoms with Crippen molar-refractivity contribution in [3.05, 3.63) is 35.4 Å². The molecule has 2 amide bonds. The normalized spacial score (nSPS) is 15.1. The van der Waals surface area contributed by atoms with Crippen LogP contribution in [0.25, 0.3) is 0 Å². The van der Waals surface area contributed by atoms with Crippen LogP contribution >= 0.6 is 0 Å². The van der Waals surface area contributed by atoms with Crippen molar-refractivity contribution in [1.82, 2.24) is 10.6 Å². The molecule has 3 N–H and O–H groups in total. The Morgan fingerprint density at radius 1 is 1.14 bits per heavy atom. The van der Waals surface area contributed by atoms with Gasteiger partial charge in [0, 0.05) is 23.2 Å². The lowest BCUT2D eigenvalue weighted by Crippen LogP contribution is -2.34. The first kappa shape index (κ1) is 15.0. The second-order valence-electron chi connectivity index (χ2n) is 5.30. The summed E-state index contributed by atoms with van der Waals surface area (Å²) >= 11 is 0. The Kier molecular flexibility index (Phi) is 4.57. The Morgan fingerprint density at radius 3 is 2.14 bits per heavy atom. The summed E-state index contributed by atoms with van der Waals surface area (Å²) in [6.07, 6.45) is 1.91. The summed E-state index contributed by atoms with van der Waals surface area (Å²) in [6, 6.07) is 6.14. The van der Waals surface area contributed by atoms with Gasteiger partial charge in [0.25, 0.3) is 11.8 Å². The first-order valence-corrected chi connectivity index (χ1v) is 6.89. The van der Waals surface area contributed by atoms with Crippen LogP contribution in [-0.2, 0) is 4.79 Å². The van der Waals surface area contributed by atoms with E-state index in [0.29, 0.717) is 11.1 Å². The molecule has 1 saturated carbocycles. The molecule has 0 aliphatic heterocycles. The van der Waals surface area contributed by atoms with Crippen LogP contribution in [0.3, 0.4) is 0 Å². The van der Waals surface area contributed by atoms with Crippen LogP contribution in [0.2, 0.25) is 0 Å². The van der Waals surface area contributed by atoms with Crippen molar-refractivity contribution < 1.29 is 19.5 Å². The Balaban J connectivity index is 1.92. The maximum Gasteiger partial charge on any atom is 0.305 e. The van der Waals surface area contributed by atoms with Gasteiger partial charge in [-0.1, -0.05) is 0 Å². The van der Waals surface area contributed by atoms with Gasteiger partial charge in [-0.3, -0.25) is 14.4 Å². The summed E-state index contributed by atoms with van der Waals surface area (Å²) in [5, 5.41) is 14.1. The third kappa shape index (κ3) is 4.59. The van der Waals surface area contributed by atoms with Crippen LogP contribution in [0.5, 0.6) is 0 Å². The molecule has 1 aliphatic rings. The van der Waals surface area contributed by atoms with Gasteiger partial charge in [-0.05, 0) is 44.0 Å². The minimum absolute atomic E-state index is 0.131. The number of benzene rings is 1. The van der Waals surface area contributed by atoms with Gasteiger partial charge >= 0.3 is 5.97 Å². The average molecular weight is 290 g/mol. The highest BCUT2D eigenvalue weighted by Gasteiger charge is 2.23. The predicted octanol–water partition coefficient (Wildman–Crippen LogP) is 1.17. The lowest BCUT2D eigenvalue weighted by Gasteiger charge is -2.11. The number of rotatable bonds is 6. The van der Waals surface area contributed by atoms with Crippen LogP contribution < -0.4 is 10.6 Å². The first-order valence-electron chi connectivity index (χ1n) is 6.89. The molecule has 2 rings (SSSR count). The van der Waals surface area contributed by atoms with Gasteiger partial charge < -0.3 is 15.7 Å². The Hall–Kier alpha value is -2.37. The van der Waals surface area contributed by atoms with E-state index in [4.69, 9.17) is 5.11 Å². The molecule has 6 heteroatoms. The Morgan fingerprint density at radius 2 is 1.67 bits per heavy atom. The lowest BCUT2D eigenvalue weighted by atomic mass is 10.1. The average Bonchev–Trinajstić information content (AvgIpc) is 3.21. The van der Waals surface area contributed by atoms with Crippen LogP contribution in [0.1, 0.15) is 46.9 Å². The van der Waals surface area contributed by atoms with Crippen LogP contribution in [-0.4, -0.2) is 35.0 Å². The predicted molar refractivity (Wildman–Crippen MR) is 76.1 cm³/mol. The van der Waals surface area contributed by atoms with E-state index in [9.17, 15) is 14.4 Å². The van der Waals surface area contributed by atoms with Gasteiger partial charge in [0.1, 0.15) is 0 Å². The summed E-state index contributed by atoms with van der Waals surface area (Å²) in [5.74, 6) is -1.45. The van der Waals surface area contributed by atoms with Gasteiger partial charge in [0.2, 0.25) is 0 Å². The van der Waals surface area contributed by atoms with E-state index in [1.807, 2.05) is 0 Å². The SMILES string of the molecule is CC(CC(=O)O)NC(=O)c1ccc(C(=O)NC2CC2)cc1. The number of amides is 2. The van der Waals surface area contributed by atoms with Crippen molar-refractivity contribution in [1.29, 1.82) is 0 Å². The van der Waals surface area contributed by atoms with Gasteiger partial charge in [-0.25, -0.2) is 0 Å². The van der Waals surface area contributed by atoms with Gasteiger partial charge in [-0.2, -0.15) is 0 Å². The van der Waals surface area contributed by atoms with Gasteiger partial charge in [0.05, 0.1) is 6.42 Å². The zero-order valence-electron chi connectivity index (χ0n) is 11.8. The number of carbonyl (C=O) groups is 3. The molecule has 0 heterocycles. The standard InChI is InChI=1S/C15H18N2O4/c1-9(8-13(18)19)16-14(20)10-2-4-11(5-3-10)15(21)17-12-6-7-12/h2-5,9,12H,6-8H2,1H3,(H,16,20)(H,17,21)(H,18,19). The summed E-state index contributed by atoms with van der Waals surface area (Å²) in [6.45, 7) is 1.63. The van der Waals surface area contributed by atoms with Crippen molar-refractivity contribution in [2.45, 2.75) is 38.3 Å². The quantitative estimate of drug-likeness (QED) is 0.733. The third-order valence-electron chi connectivity index (χ3n) is 3.18. The van der Waals surface area contributed by atoms with E-state index >= 15 is 0 Å². The highest BCUT2D eigenvalue weighted by molar-refractivity contribution is 5.98. The van der Waals surface area contributed by atoms with Crippen LogP contribution in [0, 0.1) is 0 Å². The number of carbonyl (C=O) groups excluding carboxylic acids is 2. The number of hydrogen-bond donors (Lipinski definition) is 3. The molecule has 6 nitrogen and oxygen atoms in total. The number of hydrogen-bond acceptors (Lipinski definition) is 3. The fourth-order valence-corrected chi connectivity index (χ4v) is 1.89. The van der Waals surface area contributed by atoms with Crippen molar-refractivity contribution in [2.75, 3.05) is 0 Å². The molecule has 0 spiro atoms. The van der Waals surface area contributed by atoms with E-state index in [-0.39, 0.29) is 24.3 Å². The first-order chi connectivity index (χ1) is 9.95. The zero-order valence-corrected chi connectivity index (χ0v) is 11.8. The highest BCUT2D eigenvalue weighted by atomic mass is 16.4. The largest absolute Gasteiger partial charge is 0.481 e. The van der Waals surface area contributed by atoms with E-state index < -0.39 is 12.0 Å². The van der Waals surface area contributed by atoms with Crippen molar-refractivity contribution in [2.24, 2.45) is 0 Å². The second kappa shape index (κ2) is 6.39. The summed E-state index contributed by atoms with van der Waals surface area (Å²) in [5.41, 5.74) is 0.909.